The maximum Gasteiger partial charge on any atom is 0.220 e. The van der Waals surface area contributed by atoms with Gasteiger partial charge >= 0.3 is 0 Å². The Balaban J connectivity index is 2.66. The van der Waals surface area contributed by atoms with Gasteiger partial charge in [-0.1, -0.05) is 20.8 Å². The molecule has 0 aromatic rings. The van der Waals surface area contributed by atoms with Gasteiger partial charge in [-0.3, -0.25) is 9.59 Å². The highest BCUT2D eigenvalue weighted by atomic mass is 16.2. The topological polar surface area (TPSA) is 46.2 Å². The quantitative estimate of drug-likeness (QED) is 0.692. The van der Waals surface area contributed by atoms with Gasteiger partial charge < -0.3 is 5.32 Å². The molecule has 1 fully saturated rings. The van der Waals surface area contributed by atoms with Crippen molar-refractivity contribution in [1.29, 1.82) is 0 Å². The van der Waals surface area contributed by atoms with Crippen molar-refractivity contribution in [2.45, 2.75) is 40.0 Å². The zero-order valence-electron chi connectivity index (χ0n) is 9.22. The fourth-order valence-corrected chi connectivity index (χ4v) is 1.81. The Hall–Kier alpha value is -0.860. The number of nitrogens with one attached hydrogen (secondary N) is 1. The molecule has 80 valence electrons. The summed E-state index contributed by atoms with van der Waals surface area (Å²) in [6.45, 7) is 6.46. The van der Waals surface area contributed by atoms with E-state index in [-0.39, 0.29) is 23.0 Å². The zero-order valence-corrected chi connectivity index (χ0v) is 9.22. The van der Waals surface area contributed by atoms with Gasteiger partial charge in [-0.15, -0.1) is 0 Å². The fraction of sp³-hybridized carbons (Fsp3) is 0.818. The molecular formula is C11H19NO2. The third-order valence-electron chi connectivity index (χ3n) is 2.59. The van der Waals surface area contributed by atoms with Crippen molar-refractivity contribution in [3.8, 4) is 0 Å². The van der Waals surface area contributed by atoms with E-state index in [4.69, 9.17) is 0 Å². The lowest BCUT2D eigenvalue weighted by Gasteiger charge is -2.22. The minimum absolute atomic E-state index is 0.0186. The van der Waals surface area contributed by atoms with Gasteiger partial charge in [0.1, 0.15) is 5.78 Å². The molecule has 1 amide bonds. The summed E-state index contributed by atoms with van der Waals surface area (Å²) >= 11 is 0. The average molecular weight is 197 g/mol. The third kappa shape index (κ3) is 2.82. The number of carbonyl (C=O) groups excluding carboxylic acids is 2. The molecule has 0 radical (unpaired) electrons. The van der Waals surface area contributed by atoms with Crippen molar-refractivity contribution < 1.29 is 9.59 Å². The second kappa shape index (κ2) is 4.11. The highest BCUT2D eigenvalue weighted by Crippen LogP contribution is 2.26. The lowest BCUT2D eigenvalue weighted by Crippen LogP contribution is -2.30. The van der Waals surface area contributed by atoms with E-state index in [1.165, 1.54) is 0 Å². The highest BCUT2D eigenvalue weighted by Gasteiger charge is 2.31. The van der Waals surface area contributed by atoms with Crippen LogP contribution >= 0.6 is 0 Å². The fourth-order valence-electron chi connectivity index (χ4n) is 1.81. The van der Waals surface area contributed by atoms with Crippen molar-refractivity contribution >= 4 is 11.7 Å². The Morgan fingerprint density at radius 2 is 2.07 bits per heavy atom. The summed E-state index contributed by atoms with van der Waals surface area (Å²) in [5.41, 5.74) is -0.324. The van der Waals surface area contributed by atoms with Gasteiger partial charge in [-0.25, -0.2) is 0 Å². The molecule has 0 aromatic heterocycles. The number of carbonyl (C=O) groups is 2. The van der Waals surface area contributed by atoms with Crippen LogP contribution in [0.25, 0.3) is 0 Å². The van der Waals surface area contributed by atoms with Crippen molar-refractivity contribution in [3.05, 3.63) is 0 Å². The molecule has 1 rings (SSSR count). The van der Waals surface area contributed by atoms with E-state index >= 15 is 0 Å². The van der Waals surface area contributed by atoms with Crippen molar-refractivity contribution in [2.75, 3.05) is 6.54 Å². The summed E-state index contributed by atoms with van der Waals surface area (Å²) < 4.78 is 0. The van der Waals surface area contributed by atoms with Crippen LogP contribution in [0, 0.1) is 11.3 Å². The van der Waals surface area contributed by atoms with Crippen LogP contribution < -0.4 is 5.32 Å². The van der Waals surface area contributed by atoms with Gasteiger partial charge in [0.2, 0.25) is 5.91 Å². The highest BCUT2D eigenvalue weighted by molar-refractivity contribution is 5.90. The van der Waals surface area contributed by atoms with Crippen molar-refractivity contribution in [1.82, 2.24) is 5.32 Å². The Morgan fingerprint density at radius 3 is 2.64 bits per heavy atom. The van der Waals surface area contributed by atoms with Crippen LogP contribution in [-0.2, 0) is 9.59 Å². The number of Topliss-reactive ketones (excluding diaryl/α,β-unsaturated/α-hetero) is 1. The summed E-state index contributed by atoms with van der Waals surface area (Å²) in [5.74, 6) is 0.164. The van der Waals surface area contributed by atoms with Crippen LogP contribution in [0.2, 0.25) is 0 Å². The third-order valence-corrected chi connectivity index (χ3v) is 2.59. The molecule has 0 aromatic carbocycles. The first-order valence-electron chi connectivity index (χ1n) is 5.22. The van der Waals surface area contributed by atoms with E-state index in [0.717, 1.165) is 12.8 Å². The summed E-state index contributed by atoms with van der Waals surface area (Å²) in [5, 5.41) is 2.79. The second-order valence-corrected chi connectivity index (χ2v) is 5.01. The predicted octanol–water partition coefficient (Wildman–Crippen LogP) is 1.52. The van der Waals surface area contributed by atoms with Crippen molar-refractivity contribution in [2.24, 2.45) is 11.3 Å². The summed E-state index contributed by atoms with van der Waals surface area (Å²) in [4.78, 5) is 23.2. The molecule has 0 spiro atoms. The molecule has 0 unspecified atom stereocenters. The van der Waals surface area contributed by atoms with Gasteiger partial charge in [-0.05, 0) is 12.8 Å². The summed E-state index contributed by atoms with van der Waals surface area (Å²) in [6, 6.07) is 0. The largest absolute Gasteiger partial charge is 0.356 e. The first-order chi connectivity index (χ1) is 6.41. The van der Waals surface area contributed by atoms with Crippen LogP contribution in [-0.4, -0.2) is 18.2 Å². The lowest BCUT2D eigenvalue weighted by molar-refractivity contribution is -0.133. The van der Waals surface area contributed by atoms with Gasteiger partial charge in [0.05, 0.1) is 0 Å². The first kappa shape index (κ1) is 11.2. The normalized spacial score (nSPS) is 23.9. The number of hydrogen-bond acceptors (Lipinski definition) is 2. The number of rotatable bonds is 1. The Bertz CT molecular complexity index is 240. The molecule has 3 nitrogen and oxygen atoms in total. The summed E-state index contributed by atoms with van der Waals surface area (Å²) in [7, 11) is 0. The van der Waals surface area contributed by atoms with E-state index in [9.17, 15) is 9.59 Å². The van der Waals surface area contributed by atoms with Crippen LogP contribution in [0.15, 0.2) is 0 Å². The average Bonchev–Trinajstić information content (AvgIpc) is 2.26. The maximum atomic E-state index is 11.9. The molecule has 1 aliphatic heterocycles. The number of hydrogen-bond donors (Lipinski definition) is 1. The van der Waals surface area contributed by atoms with Gasteiger partial charge in [-0.2, -0.15) is 0 Å². The van der Waals surface area contributed by atoms with E-state index in [1.807, 2.05) is 20.8 Å². The minimum Gasteiger partial charge on any atom is -0.356 e. The molecule has 1 N–H and O–H groups in total. The summed E-state index contributed by atoms with van der Waals surface area (Å²) in [6.07, 6.45) is 2.13. The van der Waals surface area contributed by atoms with Crippen LogP contribution in [0.1, 0.15) is 40.0 Å². The monoisotopic (exact) mass is 197 g/mol. The van der Waals surface area contributed by atoms with Crippen LogP contribution in [0.4, 0.5) is 0 Å². The van der Waals surface area contributed by atoms with Gasteiger partial charge in [0, 0.05) is 24.3 Å². The molecule has 0 bridgehead atoms. The van der Waals surface area contributed by atoms with E-state index in [1.54, 1.807) is 0 Å². The SMILES string of the molecule is CC(C)(C)C(=O)[C@H]1CCCNC(=O)C1. The molecule has 0 saturated carbocycles. The minimum atomic E-state index is -0.324. The second-order valence-electron chi connectivity index (χ2n) is 5.01. The molecule has 1 atom stereocenters. The molecule has 3 heteroatoms. The van der Waals surface area contributed by atoms with Gasteiger partial charge in [0.15, 0.2) is 0 Å². The predicted molar refractivity (Wildman–Crippen MR) is 54.8 cm³/mol. The van der Waals surface area contributed by atoms with Gasteiger partial charge in [0.25, 0.3) is 0 Å². The lowest BCUT2D eigenvalue weighted by atomic mass is 9.80. The number of amides is 1. The Kier molecular flexibility index (Phi) is 3.29. The Morgan fingerprint density at radius 1 is 1.43 bits per heavy atom. The molecule has 1 heterocycles. The van der Waals surface area contributed by atoms with Crippen LogP contribution in [0.3, 0.4) is 0 Å². The maximum absolute atomic E-state index is 11.9. The van der Waals surface area contributed by atoms with Crippen molar-refractivity contribution in [3.63, 3.8) is 0 Å². The molecule has 14 heavy (non-hydrogen) atoms. The van der Waals surface area contributed by atoms with E-state index in [0.29, 0.717) is 13.0 Å². The molecule has 0 aliphatic carbocycles. The Labute approximate surface area is 85.3 Å². The van der Waals surface area contributed by atoms with Crippen LogP contribution in [0.5, 0.6) is 0 Å². The smallest absolute Gasteiger partial charge is 0.220 e. The first-order valence-corrected chi connectivity index (χ1v) is 5.22. The number of ketones is 1. The molecular weight excluding hydrogens is 178 g/mol. The molecule has 1 aliphatic rings. The van der Waals surface area contributed by atoms with E-state index < -0.39 is 0 Å². The molecule has 1 saturated heterocycles. The standard InChI is InChI=1S/C11H19NO2/c1-11(2,3)10(14)8-5-4-6-12-9(13)7-8/h8H,4-7H2,1-3H3,(H,12,13)/t8-/m0/s1. The van der Waals surface area contributed by atoms with E-state index in [2.05, 4.69) is 5.32 Å². The zero-order chi connectivity index (χ0) is 10.8.